The number of nitrogens with one attached hydrogen (secondary N) is 1. The Balaban J connectivity index is 1.97. The van der Waals surface area contributed by atoms with Crippen molar-refractivity contribution in [3.05, 3.63) is 15.6 Å². The zero-order valence-electron chi connectivity index (χ0n) is 11.0. The first kappa shape index (κ1) is 13.0. The maximum absolute atomic E-state index is 5.23. The highest BCUT2D eigenvalue weighted by molar-refractivity contribution is 7.11. The van der Waals surface area contributed by atoms with Gasteiger partial charge in [0.2, 0.25) is 0 Å². The SMILES string of the molecule is COCc1nc(C2CC2)sc1CNCC(C)C. The van der Waals surface area contributed by atoms with E-state index in [0.717, 1.165) is 24.7 Å². The Kier molecular flexibility index (Phi) is 4.54. The molecule has 1 heterocycles. The lowest BCUT2D eigenvalue weighted by atomic mass is 10.2. The number of hydrogen-bond donors (Lipinski definition) is 1. The lowest BCUT2D eigenvalue weighted by molar-refractivity contribution is 0.181. The third-order valence-electron chi connectivity index (χ3n) is 2.84. The number of aromatic nitrogens is 1. The van der Waals surface area contributed by atoms with E-state index in [-0.39, 0.29) is 0 Å². The number of rotatable bonds is 7. The predicted octanol–water partition coefficient (Wildman–Crippen LogP) is 2.91. The summed E-state index contributed by atoms with van der Waals surface area (Å²) in [5.74, 6) is 1.44. The van der Waals surface area contributed by atoms with Gasteiger partial charge in [-0.25, -0.2) is 4.98 Å². The topological polar surface area (TPSA) is 34.1 Å². The first-order valence-corrected chi connectivity index (χ1v) is 7.20. The molecule has 1 aromatic heterocycles. The van der Waals surface area contributed by atoms with Crippen molar-refractivity contribution in [3.8, 4) is 0 Å². The van der Waals surface area contributed by atoms with E-state index in [1.807, 2.05) is 11.3 Å². The van der Waals surface area contributed by atoms with Crippen LogP contribution in [0, 0.1) is 5.92 Å². The molecule has 0 bridgehead atoms. The van der Waals surface area contributed by atoms with Crippen LogP contribution >= 0.6 is 11.3 Å². The smallest absolute Gasteiger partial charge is 0.0963 e. The van der Waals surface area contributed by atoms with Gasteiger partial charge in [-0.05, 0) is 25.3 Å². The Morgan fingerprint density at radius 1 is 1.47 bits per heavy atom. The summed E-state index contributed by atoms with van der Waals surface area (Å²) in [4.78, 5) is 6.07. The number of nitrogens with zero attached hydrogens (tertiary/aromatic N) is 1. The van der Waals surface area contributed by atoms with E-state index < -0.39 is 0 Å². The molecule has 4 heteroatoms. The Bertz CT molecular complexity index is 358. The Morgan fingerprint density at radius 3 is 2.82 bits per heavy atom. The van der Waals surface area contributed by atoms with Gasteiger partial charge in [0, 0.05) is 24.4 Å². The quantitative estimate of drug-likeness (QED) is 0.812. The van der Waals surface area contributed by atoms with Crippen LogP contribution < -0.4 is 5.32 Å². The van der Waals surface area contributed by atoms with Crippen molar-refractivity contribution in [2.24, 2.45) is 5.92 Å². The molecule has 0 radical (unpaired) electrons. The minimum Gasteiger partial charge on any atom is -0.378 e. The number of methoxy groups -OCH3 is 1. The first-order valence-electron chi connectivity index (χ1n) is 6.38. The van der Waals surface area contributed by atoms with E-state index in [2.05, 4.69) is 19.2 Å². The minimum absolute atomic E-state index is 0.641. The summed E-state index contributed by atoms with van der Waals surface area (Å²) < 4.78 is 5.23. The molecule has 96 valence electrons. The first-order chi connectivity index (χ1) is 8.20. The molecule has 1 aromatic rings. The fraction of sp³-hybridized carbons (Fsp3) is 0.769. The Morgan fingerprint density at radius 2 is 2.24 bits per heavy atom. The van der Waals surface area contributed by atoms with Gasteiger partial charge >= 0.3 is 0 Å². The molecule has 1 N–H and O–H groups in total. The molecule has 1 aliphatic carbocycles. The lowest BCUT2D eigenvalue weighted by Crippen LogP contribution is -2.19. The van der Waals surface area contributed by atoms with Gasteiger partial charge in [-0.1, -0.05) is 13.8 Å². The molecular weight excluding hydrogens is 232 g/mol. The normalized spacial score (nSPS) is 15.8. The Labute approximate surface area is 108 Å². The Hall–Kier alpha value is -0.450. The van der Waals surface area contributed by atoms with Crippen LogP contribution in [0.1, 0.15) is 48.2 Å². The molecule has 1 saturated carbocycles. The summed E-state index contributed by atoms with van der Waals surface area (Å²) in [5.41, 5.74) is 1.13. The van der Waals surface area contributed by atoms with Gasteiger partial charge in [-0.15, -0.1) is 11.3 Å². The standard InChI is InChI=1S/C13H22N2OS/c1-9(2)6-14-7-12-11(8-16-3)15-13(17-12)10-4-5-10/h9-10,14H,4-8H2,1-3H3. The van der Waals surface area contributed by atoms with Crippen LogP contribution in [0.15, 0.2) is 0 Å². The van der Waals surface area contributed by atoms with Crippen LogP contribution in [-0.2, 0) is 17.9 Å². The monoisotopic (exact) mass is 254 g/mol. The van der Waals surface area contributed by atoms with E-state index >= 15 is 0 Å². The van der Waals surface area contributed by atoms with E-state index in [9.17, 15) is 0 Å². The summed E-state index contributed by atoms with van der Waals surface area (Å²) in [6, 6.07) is 0. The number of thiazole rings is 1. The van der Waals surface area contributed by atoms with Gasteiger partial charge in [0.1, 0.15) is 0 Å². The third kappa shape index (κ3) is 3.76. The molecule has 0 saturated heterocycles. The molecule has 3 nitrogen and oxygen atoms in total. The number of ether oxygens (including phenoxy) is 1. The van der Waals surface area contributed by atoms with Crippen LogP contribution in [-0.4, -0.2) is 18.6 Å². The molecule has 17 heavy (non-hydrogen) atoms. The van der Waals surface area contributed by atoms with E-state index in [0.29, 0.717) is 12.5 Å². The molecular formula is C13H22N2OS. The van der Waals surface area contributed by atoms with Crippen LogP contribution in [0.3, 0.4) is 0 Å². The highest BCUT2D eigenvalue weighted by atomic mass is 32.1. The van der Waals surface area contributed by atoms with E-state index in [4.69, 9.17) is 9.72 Å². The van der Waals surface area contributed by atoms with Gasteiger partial charge in [-0.3, -0.25) is 0 Å². The maximum Gasteiger partial charge on any atom is 0.0963 e. The zero-order chi connectivity index (χ0) is 12.3. The minimum atomic E-state index is 0.641. The van der Waals surface area contributed by atoms with Gasteiger partial charge in [0.05, 0.1) is 17.3 Å². The van der Waals surface area contributed by atoms with Gasteiger partial charge in [0.25, 0.3) is 0 Å². The van der Waals surface area contributed by atoms with Crippen molar-refractivity contribution in [2.45, 2.75) is 45.8 Å². The van der Waals surface area contributed by atoms with Crippen molar-refractivity contribution in [2.75, 3.05) is 13.7 Å². The fourth-order valence-electron chi connectivity index (χ4n) is 1.77. The predicted molar refractivity (Wildman–Crippen MR) is 71.3 cm³/mol. The largest absolute Gasteiger partial charge is 0.378 e. The van der Waals surface area contributed by atoms with Crippen LogP contribution in [0.25, 0.3) is 0 Å². The average molecular weight is 254 g/mol. The van der Waals surface area contributed by atoms with Crippen molar-refractivity contribution < 1.29 is 4.74 Å². The van der Waals surface area contributed by atoms with Gasteiger partial charge < -0.3 is 10.1 Å². The molecule has 0 unspecified atom stereocenters. The average Bonchev–Trinajstić information content (AvgIpc) is 3.04. The van der Waals surface area contributed by atoms with Crippen LogP contribution in [0.4, 0.5) is 0 Å². The van der Waals surface area contributed by atoms with Crippen molar-refractivity contribution in [1.29, 1.82) is 0 Å². The second kappa shape index (κ2) is 5.94. The molecule has 2 rings (SSSR count). The molecule has 0 spiro atoms. The van der Waals surface area contributed by atoms with E-state index in [1.54, 1.807) is 7.11 Å². The molecule has 0 aliphatic heterocycles. The lowest BCUT2D eigenvalue weighted by Gasteiger charge is -2.06. The highest BCUT2D eigenvalue weighted by Gasteiger charge is 2.28. The molecule has 0 aromatic carbocycles. The van der Waals surface area contributed by atoms with Crippen LogP contribution in [0.5, 0.6) is 0 Å². The summed E-state index contributed by atoms with van der Waals surface area (Å²) in [5, 5.41) is 4.81. The molecule has 1 aliphatic rings. The van der Waals surface area contributed by atoms with Crippen molar-refractivity contribution in [3.63, 3.8) is 0 Å². The maximum atomic E-state index is 5.23. The second-order valence-electron chi connectivity index (χ2n) is 5.15. The second-order valence-corrected chi connectivity index (χ2v) is 6.27. The third-order valence-corrected chi connectivity index (χ3v) is 4.10. The van der Waals surface area contributed by atoms with Crippen LogP contribution in [0.2, 0.25) is 0 Å². The zero-order valence-corrected chi connectivity index (χ0v) is 11.8. The fourth-order valence-corrected chi connectivity index (χ4v) is 2.98. The molecule has 0 atom stereocenters. The molecule has 1 fully saturated rings. The summed E-state index contributed by atoms with van der Waals surface area (Å²) in [6.45, 7) is 7.09. The molecule has 0 amide bonds. The summed E-state index contributed by atoms with van der Waals surface area (Å²) in [7, 11) is 1.74. The summed E-state index contributed by atoms with van der Waals surface area (Å²) in [6.07, 6.45) is 2.64. The highest BCUT2D eigenvalue weighted by Crippen LogP contribution is 2.42. The van der Waals surface area contributed by atoms with E-state index in [1.165, 1.54) is 22.7 Å². The van der Waals surface area contributed by atoms with Crippen molar-refractivity contribution in [1.82, 2.24) is 10.3 Å². The summed E-state index contributed by atoms with van der Waals surface area (Å²) >= 11 is 1.87. The number of hydrogen-bond acceptors (Lipinski definition) is 4. The van der Waals surface area contributed by atoms with Gasteiger partial charge in [0.15, 0.2) is 0 Å². The van der Waals surface area contributed by atoms with Crippen molar-refractivity contribution >= 4 is 11.3 Å². The van der Waals surface area contributed by atoms with Gasteiger partial charge in [-0.2, -0.15) is 0 Å².